The summed E-state index contributed by atoms with van der Waals surface area (Å²) in [6.07, 6.45) is 0. The van der Waals surface area contributed by atoms with E-state index in [0.29, 0.717) is 33.8 Å². The maximum Gasteiger partial charge on any atom is 0.255 e. The molecule has 0 heterocycles. The number of nitrogens with one attached hydrogen (secondary N) is 2. The topological polar surface area (TPSA) is 102 Å². The van der Waals surface area contributed by atoms with Crippen molar-refractivity contribution in [3.8, 4) is 5.75 Å². The van der Waals surface area contributed by atoms with Crippen LogP contribution in [0.15, 0.2) is 95.9 Å². The molecule has 0 bridgehead atoms. The number of thioether (sulfide) groups is 1. The van der Waals surface area contributed by atoms with Crippen LogP contribution in [0.4, 0.5) is 11.4 Å². The van der Waals surface area contributed by atoms with Crippen molar-refractivity contribution >= 4 is 46.5 Å². The summed E-state index contributed by atoms with van der Waals surface area (Å²) in [4.78, 5) is 52.6. The van der Waals surface area contributed by atoms with Crippen molar-refractivity contribution in [1.29, 1.82) is 0 Å². The molecule has 0 radical (unpaired) electrons. The van der Waals surface area contributed by atoms with Crippen LogP contribution in [0.2, 0.25) is 0 Å². The molecular formula is C31H24N2O5S. The van der Waals surface area contributed by atoms with Crippen molar-refractivity contribution in [3.05, 3.63) is 119 Å². The molecule has 2 N–H and O–H groups in total. The van der Waals surface area contributed by atoms with E-state index in [1.807, 2.05) is 12.1 Å². The van der Waals surface area contributed by atoms with E-state index in [0.717, 1.165) is 4.90 Å². The highest BCUT2D eigenvalue weighted by molar-refractivity contribution is 8.00. The second-order valence-electron chi connectivity index (χ2n) is 8.89. The molecule has 0 saturated carbocycles. The molecule has 4 aromatic rings. The minimum absolute atomic E-state index is 0.211. The maximum atomic E-state index is 13.2. The SMILES string of the molecule is COc1cccc(C(=O)Nc2ccc(SC(C)C(=O)Nc3cccc4c3C(=O)c3ccccc3C4=O)cc2)c1. The summed E-state index contributed by atoms with van der Waals surface area (Å²) in [6.45, 7) is 1.76. The van der Waals surface area contributed by atoms with E-state index < -0.39 is 5.25 Å². The van der Waals surface area contributed by atoms with Crippen molar-refractivity contribution in [2.45, 2.75) is 17.1 Å². The van der Waals surface area contributed by atoms with Crippen LogP contribution in [-0.2, 0) is 4.79 Å². The molecule has 0 fully saturated rings. The van der Waals surface area contributed by atoms with Crippen LogP contribution in [0.25, 0.3) is 0 Å². The first-order chi connectivity index (χ1) is 18.9. The summed E-state index contributed by atoms with van der Waals surface area (Å²) in [6, 6.07) is 25.6. The Balaban J connectivity index is 1.25. The van der Waals surface area contributed by atoms with Gasteiger partial charge in [0.1, 0.15) is 5.75 Å². The lowest BCUT2D eigenvalue weighted by molar-refractivity contribution is -0.115. The zero-order valence-corrected chi connectivity index (χ0v) is 22.0. The summed E-state index contributed by atoms with van der Waals surface area (Å²) in [7, 11) is 1.54. The number of methoxy groups -OCH3 is 1. The van der Waals surface area contributed by atoms with Gasteiger partial charge in [-0.25, -0.2) is 0 Å². The second kappa shape index (κ2) is 11.0. The van der Waals surface area contributed by atoms with Crippen LogP contribution in [0.1, 0.15) is 49.1 Å². The van der Waals surface area contributed by atoms with Crippen molar-refractivity contribution in [1.82, 2.24) is 0 Å². The van der Waals surface area contributed by atoms with E-state index in [1.54, 1.807) is 92.9 Å². The summed E-state index contributed by atoms with van der Waals surface area (Å²) >= 11 is 1.33. The third-order valence-corrected chi connectivity index (χ3v) is 7.45. The lowest BCUT2D eigenvalue weighted by Gasteiger charge is -2.21. The fourth-order valence-corrected chi connectivity index (χ4v) is 5.19. The predicted molar refractivity (Wildman–Crippen MR) is 151 cm³/mol. The Morgan fingerprint density at radius 2 is 1.44 bits per heavy atom. The number of benzene rings is 4. The van der Waals surface area contributed by atoms with Crippen LogP contribution in [0.5, 0.6) is 5.75 Å². The molecule has 39 heavy (non-hydrogen) atoms. The molecule has 1 atom stereocenters. The molecule has 5 rings (SSSR count). The summed E-state index contributed by atoms with van der Waals surface area (Å²) < 4.78 is 5.17. The first-order valence-electron chi connectivity index (χ1n) is 12.2. The molecule has 8 heteroatoms. The molecule has 0 saturated heterocycles. The van der Waals surface area contributed by atoms with Gasteiger partial charge in [0, 0.05) is 32.8 Å². The summed E-state index contributed by atoms with van der Waals surface area (Å²) in [5, 5.41) is 5.18. The average Bonchev–Trinajstić information content (AvgIpc) is 2.96. The van der Waals surface area contributed by atoms with Crippen LogP contribution in [-0.4, -0.2) is 35.7 Å². The van der Waals surface area contributed by atoms with E-state index in [4.69, 9.17) is 4.74 Å². The number of ketones is 2. The van der Waals surface area contributed by atoms with Gasteiger partial charge in [0.15, 0.2) is 11.6 Å². The number of hydrogen-bond acceptors (Lipinski definition) is 6. The van der Waals surface area contributed by atoms with Crippen molar-refractivity contribution in [2.75, 3.05) is 17.7 Å². The minimum Gasteiger partial charge on any atom is -0.497 e. The smallest absolute Gasteiger partial charge is 0.255 e. The Bertz CT molecular complexity index is 1610. The monoisotopic (exact) mass is 536 g/mol. The van der Waals surface area contributed by atoms with E-state index in [1.165, 1.54) is 11.8 Å². The number of ether oxygens (including phenoxy) is 1. The Hall–Kier alpha value is -4.69. The Morgan fingerprint density at radius 3 is 2.15 bits per heavy atom. The van der Waals surface area contributed by atoms with E-state index in [2.05, 4.69) is 10.6 Å². The van der Waals surface area contributed by atoms with Gasteiger partial charge in [0.05, 0.1) is 23.6 Å². The van der Waals surface area contributed by atoms with E-state index in [9.17, 15) is 19.2 Å². The molecule has 2 amide bonds. The van der Waals surface area contributed by atoms with E-state index in [-0.39, 0.29) is 34.5 Å². The quantitative estimate of drug-likeness (QED) is 0.253. The number of hydrogen-bond donors (Lipinski definition) is 2. The lowest BCUT2D eigenvalue weighted by atomic mass is 9.83. The van der Waals surface area contributed by atoms with Gasteiger partial charge >= 0.3 is 0 Å². The third kappa shape index (κ3) is 5.32. The van der Waals surface area contributed by atoms with Gasteiger partial charge in [-0.15, -0.1) is 11.8 Å². The molecule has 0 spiro atoms. The van der Waals surface area contributed by atoms with Crippen LogP contribution in [0, 0.1) is 0 Å². The van der Waals surface area contributed by atoms with Crippen LogP contribution in [0.3, 0.4) is 0 Å². The lowest BCUT2D eigenvalue weighted by Crippen LogP contribution is -2.27. The Labute approximate surface area is 229 Å². The minimum atomic E-state index is -0.500. The number of amides is 2. The van der Waals surface area contributed by atoms with Gasteiger partial charge in [0.25, 0.3) is 5.91 Å². The van der Waals surface area contributed by atoms with Crippen molar-refractivity contribution in [2.24, 2.45) is 0 Å². The first kappa shape index (κ1) is 25.9. The molecule has 1 unspecified atom stereocenters. The zero-order chi connectivity index (χ0) is 27.5. The van der Waals surface area contributed by atoms with E-state index >= 15 is 0 Å². The van der Waals surface area contributed by atoms with Gasteiger partial charge in [-0.3, -0.25) is 19.2 Å². The average molecular weight is 537 g/mol. The molecule has 194 valence electrons. The van der Waals surface area contributed by atoms with Crippen LogP contribution < -0.4 is 15.4 Å². The highest BCUT2D eigenvalue weighted by Crippen LogP contribution is 2.33. The molecule has 1 aliphatic rings. The maximum absolute atomic E-state index is 13.2. The number of rotatable bonds is 7. The van der Waals surface area contributed by atoms with Gasteiger partial charge in [-0.2, -0.15) is 0 Å². The molecular weight excluding hydrogens is 512 g/mol. The summed E-state index contributed by atoms with van der Waals surface area (Å²) in [5.41, 5.74) is 2.59. The second-order valence-corrected chi connectivity index (χ2v) is 10.3. The molecule has 0 aromatic heterocycles. The zero-order valence-electron chi connectivity index (χ0n) is 21.2. The van der Waals surface area contributed by atoms with Gasteiger partial charge < -0.3 is 15.4 Å². The van der Waals surface area contributed by atoms with Gasteiger partial charge in [0.2, 0.25) is 5.91 Å². The molecule has 7 nitrogen and oxygen atoms in total. The third-order valence-electron chi connectivity index (χ3n) is 6.34. The highest BCUT2D eigenvalue weighted by Gasteiger charge is 2.32. The summed E-state index contributed by atoms with van der Waals surface area (Å²) in [5.74, 6) is -0.495. The first-order valence-corrected chi connectivity index (χ1v) is 13.1. The Morgan fingerprint density at radius 1 is 0.769 bits per heavy atom. The predicted octanol–water partition coefficient (Wildman–Crippen LogP) is 5.84. The molecule has 1 aliphatic carbocycles. The molecule has 0 aliphatic heterocycles. The highest BCUT2D eigenvalue weighted by atomic mass is 32.2. The van der Waals surface area contributed by atoms with Gasteiger partial charge in [-0.05, 0) is 55.5 Å². The number of fused-ring (bicyclic) bond motifs is 2. The standard InChI is InChI=1S/C31H24N2O5S/c1-18(39-22-15-13-20(14-16-22)32-31(37)19-7-5-8-21(17-19)38-2)30(36)33-26-12-6-11-25-27(26)29(35)24-10-4-3-9-23(24)28(25)34/h3-18H,1-2H3,(H,32,37)(H,33,36). The number of anilines is 2. The largest absolute Gasteiger partial charge is 0.497 e. The van der Waals surface area contributed by atoms with Gasteiger partial charge in [-0.1, -0.05) is 42.5 Å². The Kier molecular flexibility index (Phi) is 7.29. The fourth-order valence-electron chi connectivity index (χ4n) is 4.33. The van der Waals surface area contributed by atoms with Crippen LogP contribution >= 0.6 is 11.8 Å². The number of carbonyl (C=O) groups excluding carboxylic acids is 4. The van der Waals surface area contributed by atoms with Crippen molar-refractivity contribution in [3.63, 3.8) is 0 Å². The normalized spacial score (nSPS) is 12.7. The van der Waals surface area contributed by atoms with Crippen molar-refractivity contribution < 1.29 is 23.9 Å². The number of carbonyl (C=O) groups is 4. The molecule has 4 aromatic carbocycles. The fraction of sp³-hybridized carbons (Fsp3) is 0.0968.